The minimum Gasteiger partial charge on any atom is -0.394 e. The molecule has 2 heterocycles. The van der Waals surface area contributed by atoms with Crippen molar-refractivity contribution in [1.82, 2.24) is 4.90 Å². The van der Waals surface area contributed by atoms with Crippen molar-refractivity contribution in [2.24, 2.45) is 0 Å². The molecule has 0 amide bonds. The highest BCUT2D eigenvalue weighted by molar-refractivity contribution is 5.52. The van der Waals surface area contributed by atoms with E-state index in [1.807, 2.05) is 0 Å². The number of ether oxygens (including phenoxy) is 2. The molecule has 0 spiro atoms. The molecule has 250 valence electrons. The third-order valence-electron chi connectivity index (χ3n) is 11.1. The number of aliphatic hydroxyl groups is 1. The Bertz CT molecular complexity index is 1620. The lowest BCUT2D eigenvalue weighted by Crippen LogP contribution is -2.54. The zero-order valence-corrected chi connectivity index (χ0v) is 28.2. The van der Waals surface area contributed by atoms with E-state index in [9.17, 15) is 5.11 Å². The first-order valence-electron chi connectivity index (χ1n) is 17.7. The zero-order valence-electron chi connectivity index (χ0n) is 28.2. The Morgan fingerprint density at radius 2 is 0.680 bits per heavy atom. The van der Waals surface area contributed by atoms with Gasteiger partial charge in [-0.3, -0.25) is 0 Å². The average Bonchev–Trinajstić information content (AvgIpc) is 3.75. The van der Waals surface area contributed by atoms with Gasteiger partial charge in [0.05, 0.1) is 25.4 Å². The lowest BCUT2D eigenvalue weighted by atomic mass is 9.66. The minimum absolute atomic E-state index is 0.0516. The second-order valence-electron chi connectivity index (χ2n) is 13.7. The van der Waals surface area contributed by atoms with Gasteiger partial charge in [0, 0.05) is 23.7 Å². The van der Waals surface area contributed by atoms with E-state index in [2.05, 4.69) is 187 Å². The van der Waals surface area contributed by atoms with E-state index < -0.39 is 16.4 Å². The maximum atomic E-state index is 11.2. The molecule has 0 aromatic heterocycles. The van der Waals surface area contributed by atoms with Crippen molar-refractivity contribution in [2.75, 3.05) is 19.8 Å². The van der Waals surface area contributed by atoms with Gasteiger partial charge in [-0.25, -0.2) is 4.90 Å². The number of hydrogen-bond donors (Lipinski definition) is 1. The van der Waals surface area contributed by atoms with Crippen molar-refractivity contribution in [2.45, 2.75) is 41.7 Å². The maximum Gasteiger partial charge on any atom is 0.114 e. The van der Waals surface area contributed by atoms with Gasteiger partial charge in [-0.1, -0.05) is 182 Å². The first kappa shape index (κ1) is 32.4. The van der Waals surface area contributed by atoms with Crippen molar-refractivity contribution in [3.8, 4) is 0 Å². The average molecular weight is 658 g/mol. The molecule has 2 fully saturated rings. The van der Waals surface area contributed by atoms with E-state index >= 15 is 0 Å². The number of rotatable bonds is 11. The summed E-state index contributed by atoms with van der Waals surface area (Å²) in [5.74, 6) is 0. The normalized spacial score (nSPS) is 20.8. The van der Waals surface area contributed by atoms with Crippen molar-refractivity contribution in [3.63, 3.8) is 0 Å². The Kier molecular flexibility index (Phi) is 8.94. The molecule has 6 aromatic rings. The SMILES string of the molecule is OCC12CO[C@@H](CC(c3ccccc3)(c3ccccc3)c3ccccc3)N1[C@@H](CC(c1ccccc1)(c1ccccc1)c1ccccc1)OC2. The van der Waals surface area contributed by atoms with Crippen LogP contribution in [0.25, 0.3) is 0 Å². The van der Waals surface area contributed by atoms with E-state index in [-0.39, 0.29) is 19.1 Å². The molecule has 2 saturated heterocycles. The molecule has 0 bridgehead atoms. The van der Waals surface area contributed by atoms with Crippen molar-refractivity contribution >= 4 is 0 Å². The number of fused-ring (bicyclic) bond motifs is 1. The molecule has 1 N–H and O–H groups in total. The summed E-state index contributed by atoms with van der Waals surface area (Å²) in [6.07, 6.45) is 0.606. The quantitative estimate of drug-likeness (QED) is 0.142. The summed E-state index contributed by atoms with van der Waals surface area (Å²) >= 11 is 0. The third kappa shape index (κ3) is 5.49. The van der Waals surface area contributed by atoms with Crippen LogP contribution in [0.1, 0.15) is 46.2 Å². The number of aliphatic hydroxyl groups excluding tert-OH is 1. The maximum absolute atomic E-state index is 11.2. The summed E-state index contributed by atoms with van der Waals surface area (Å²) in [6, 6.07) is 64.8. The van der Waals surface area contributed by atoms with Crippen LogP contribution in [0.15, 0.2) is 182 Å². The van der Waals surface area contributed by atoms with Gasteiger partial charge in [0.25, 0.3) is 0 Å². The molecule has 0 radical (unpaired) electrons. The monoisotopic (exact) mass is 657 g/mol. The van der Waals surface area contributed by atoms with E-state index in [1.165, 1.54) is 33.4 Å². The number of hydrogen-bond acceptors (Lipinski definition) is 4. The second kappa shape index (κ2) is 13.8. The van der Waals surface area contributed by atoms with Crippen LogP contribution in [0.5, 0.6) is 0 Å². The molecule has 0 saturated carbocycles. The third-order valence-corrected chi connectivity index (χ3v) is 11.1. The molecule has 0 aliphatic carbocycles. The van der Waals surface area contributed by atoms with Crippen molar-refractivity contribution < 1.29 is 14.6 Å². The summed E-state index contributed by atoms with van der Waals surface area (Å²) in [4.78, 5) is 2.39. The van der Waals surface area contributed by atoms with Gasteiger partial charge >= 0.3 is 0 Å². The van der Waals surface area contributed by atoms with Crippen LogP contribution >= 0.6 is 0 Å². The second-order valence-corrected chi connectivity index (χ2v) is 13.7. The Morgan fingerprint density at radius 1 is 0.440 bits per heavy atom. The Morgan fingerprint density at radius 3 is 0.900 bits per heavy atom. The fourth-order valence-corrected chi connectivity index (χ4v) is 8.70. The predicted molar refractivity (Wildman–Crippen MR) is 199 cm³/mol. The zero-order chi connectivity index (χ0) is 33.9. The summed E-state index contributed by atoms with van der Waals surface area (Å²) in [5, 5.41) is 11.2. The Hall–Kier alpha value is -4.84. The van der Waals surface area contributed by atoms with Gasteiger partial charge in [0.15, 0.2) is 0 Å². The topological polar surface area (TPSA) is 41.9 Å². The highest BCUT2D eigenvalue weighted by atomic mass is 16.6. The van der Waals surface area contributed by atoms with E-state index in [0.29, 0.717) is 26.1 Å². The first-order valence-corrected chi connectivity index (χ1v) is 17.7. The molecule has 50 heavy (non-hydrogen) atoms. The standard InChI is InChI=1S/C46H43NO3/c48-33-44-34-49-42(31-45(36-19-7-1-8-20-36,37-21-9-2-10-22-37)38-23-11-3-12-24-38)47(44)43(50-35-44)32-46(39-25-13-4-14-26-39,40-27-15-5-16-28-40)41-29-17-6-18-30-41/h1-30,42-43,48H,31-35H2/t42-,43+,44?. The number of benzene rings is 6. The van der Waals surface area contributed by atoms with Crippen molar-refractivity contribution in [1.29, 1.82) is 0 Å². The van der Waals surface area contributed by atoms with E-state index in [0.717, 1.165) is 0 Å². The predicted octanol–water partition coefficient (Wildman–Crippen LogP) is 8.58. The summed E-state index contributed by atoms with van der Waals surface area (Å²) in [7, 11) is 0. The van der Waals surface area contributed by atoms with E-state index in [4.69, 9.17) is 9.47 Å². The summed E-state index contributed by atoms with van der Waals surface area (Å²) in [6.45, 7) is 0.742. The lowest BCUT2D eigenvalue weighted by molar-refractivity contribution is -0.0743. The molecular weight excluding hydrogens is 615 g/mol. The first-order chi connectivity index (χ1) is 24.7. The summed E-state index contributed by atoms with van der Waals surface area (Å²) in [5.41, 5.74) is 5.50. The highest BCUT2D eigenvalue weighted by Gasteiger charge is 2.59. The van der Waals surface area contributed by atoms with Crippen LogP contribution in [-0.4, -0.2) is 47.8 Å². The van der Waals surface area contributed by atoms with Crippen LogP contribution in [0.2, 0.25) is 0 Å². The molecule has 4 heteroatoms. The van der Waals surface area contributed by atoms with E-state index in [1.54, 1.807) is 0 Å². The molecular formula is C46H43NO3. The molecule has 3 atom stereocenters. The van der Waals surface area contributed by atoms with Gasteiger partial charge in [0.1, 0.15) is 12.5 Å². The minimum atomic E-state index is -0.652. The van der Waals surface area contributed by atoms with Gasteiger partial charge in [-0.05, 0) is 33.4 Å². The fraction of sp³-hybridized carbons (Fsp3) is 0.217. The molecule has 4 nitrogen and oxygen atoms in total. The molecule has 1 unspecified atom stereocenters. The van der Waals surface area contributed by atoms with Gasteiger partial charge in [-0.2, -0.15) is 0 Å². The van der Waals surface area contributed by atoms with Gasteiger partial charge < -0.3 is 14.6 Å². The van der Waals surface area contributed by atoms with Gasteiger partial charge in [0.2, 0.25) is 0 Å². The fourth-order valence-electron chi connectivity index (χ4n) is 8.70. The number of nitrogens with zero attached hydrogens (tertiary/aromatic N) is 1. The molecule has 6 aromatic carbocycles. The van der Waals surface area contributed by atoms with Crippen LogP contribution < -0.4 is 0 Å². The Balaban J connectivity index is 1.28. The summed E-state index contributed by atoms with van der Waals surface area (Å²) < 4.78 is 13.8. The van der Waals surface area contributed by atoms with Crippen LogP contribution in [-0.2, 0) is 20.3 Å². The van der Waals surface area contributed by atoms with Crippen LogP contribution in [0.3, 0.4) is 0 Å². The molecule has 8 rings (SSSR count). The highest BCUT2D eigenvalue weighted by Crippen LogP contribution is 2.51. The largest absolute Gasteiger partial charge is 0.394 e. The Labute approximate surface area is 295 Å². The lowest BCUT2D eigenvalue weighted by Gasteiger charge is -2.44. The van der Waals surface area contributed by atoms with Gasteiger partial charge in [-0.15, -0.1) is 0 Å². The van der Waals surface area contributed by atoms with Crippen LogP contribution in [0.4, 0.5) is 0 Å². The van der Waals surface area contributed by atoms with Crippen molar-refractivity contribution in [3.05, 3.63) is 215 Å². The molecule has 2 aliphatic rings. The molecule has 2 aliphatic heterocycles. The van der Waals surface area contributed by atoms with Crippen LogP contribution in [0, 0.1) is 0 Å². The smallest absolute Gasteiger partial charge is 0.114 e.